The minimum Gasteiger partial charge on any atom is -0.378 e. The molecule has 0 aliphatic carbocycles. The van der Waals surface area contributed by atoms with Crippen molar-refractivity contribution in [3.05, 3.63) is 23.2 Å². The molecule has 1 atom stereocenters. The summed E-state index contributed by atoms with van der Waals surface area (Å²) in [6.45, 7) is 5.01. The van der Waals surface area contributed by atoms with Crippen molar-refractivity contribution in [1.29, 1.82) is 0 Å². The van der Waals surface area contributed by atoms with E-state index in [9.17, 15) is 9.59 Å². The monoisotopic (exact) mass is 351 g/mol. The molecule has 1 aromatic carbocycles. The van der Waals surface area contributed by atoms with Gasteiger partial charge in [-0.3, -0.25) is 9.59 Å². The molecular formula is C17H22ClN3O3. The number of morpholine rings is 1. The van der Waals surface area contributed by atoms with Crippen LogP contribution in [0.2, 0.25) is 5.02 Å². The van der Waals surface area contributed by atoms with Gasteiger partial charge in [0.25, 0.3) is 0 Å². The number of ether oxygens (including phenoxy) is 1. The van der Waals surface area contributed by atoms with E-state index in [4.69, 9.17) is 16.3 Å². The number of carbonyl (C=O) groups is 2. The van der Waals surface area contributed by atoms with Crippen molar-refractivity contribution >= 4 is 34.8 Å². The molecule has 0 aromatic heterocycles. The van der Waals surface area contributed by atoms with Gasteiger partial charge < -0.3 is 19.9 Å². The van der Waals surface area contributed by atoms with Crippen molar-refractivity contribution in [2.45, 2.75) is 25.8 Å². The molecule has 2 saturated heterocycles. The molecule has 2 heterocycles. The molecule has 7 heteroatoms. The Bertz CT molecular complexity index is 632. The normalized spacial score (nSPS) is 21.0. The smallest absolute Gasteiger partial charge is 0.247 e. The number of likely N-dealkylation sites (tertiary alicyclic amines) is 1. The van der Waals surface area contributed by atoms with Gasteiger partial charge in [0.05, 0.1) is 24.6 Å². The number of halogens is 1. The molecule has 0 saturated carbocycles. The summed E-state index contributed by atoms with van der Waals surface area (Å²) in [5.74, 6) is -0.216. The van der Waals surface area contributed by atoms with Crippen molar-refractivity contribution in [3.63, 3.8) is 0 Å². The predicted molar refractivity (Wildman–Crippen MR) is 93.5 cm³/mol. The molecule has 2 aliphatic rings. The van der Waals surface area contributed by atoms with Crippen LogP contribution >= 0.6 is 11.6 Å². The lowest BCUT2D eigenvalue weighted by molar-refractivity contribution is -0.134. The predicted octanol–water partition coefficient (Wildman–Crippen LogP) is 2.13. The molecule has 1 unspecified atom stereocenters. The first kappa shape index (κ1) is 17.0. The van der Waals surface area contributed by atoms with Crippen molar-refractivity contribution in [2.24, 2.45) is 0 Å². The van der Waals surface area contributed by atoms with Gasteiger partial charge in [-0.2, -0.15) is 0 Å². The molecule has 1 N–H and O–H groups in total. The molecular weight excluding hydrogens is 330 g/mol. The lowest BCUT2D eigenvalue weighted by Gasteiger charge is -2.31. The Morgan fingerprint density at radius 3 is 2.71 bits per heavy atom. The quantitative estimate of drug-likeness (QED) is 0.906. The Morgan fingerprint density at radius 2 is 2.00 bits per heavy atom. The fourth-order valence-corrected chi connectivity index (χ4v) is 3.49. The molecule has 6 nitrogen and oxygen atoms in total. The number of rotatable bonds is 3. The van der Waals surface area contributed by atoms with Crippen LogP contribution in [0.4, 0.5) is 11.4 Å². The summed E-state index contributed by atoms with van der Waals surface area (Å²) in [7, 11) is 0. The number of anilines is 2. The van der Waals surface area contributed by atoms with E-state index in [0.717, 1.165) is 25.2 Å². The zero-order valence-electron chi connectivity index (χ0n) is 13.8. The van der Waals surface area contributed by atoms with E-state index in [-0.39, 0.29) is 11.8 Å². The summed E-state index contributed by atoms with van der Waals surface area (Å²) < 4.78 is 5.39. The lowest BCUT2D eigenvalue weighted by atomic mass is 10.1. The van der Waals surface area contributed by atoms with Crippen LogP contribution in [-0.4, -0.2) is 55.6 Å². The Hall–Kier alpha value is -1.79. The van der Waals surface area contributed by atoms with Crippen molar-refractivity contribution in [2.75, 3.05) is 43.1 Å². The second-order valence-electron chi connectivity index (χ2n) is 6.12. The van der Waals surface area contributed by atoms with Crippen molar-refractivity contribution < 1.29 is 14.3 Å². The van der Waals surface area contributed by atoms with Gasteiger partial charge in [-0.05, 0) is 31.0 Å². The number of benzene rings is 1. The van der Waals surface area contributed by atoms with Crippen LogP contribution in [0.15, 0.2) is 18.2 Å². The zero-order valence-corrected chi connectivity index (χ0v) is 14.5. The van der Waals surface area contributed by atoms with Gasteiger partial charge in [0, 0.05) is 31.6 Å². The number of hydrogen-bond donors (Lipinski definition) is 1. The highest BCUT2D eigenvalue weighted by molar-refractivity contribution is 6.31. The highest BCUT2D eigenvalue weighted by Crippen LogP contribution is 2.31. The molecule has 2 fully saturated rings. The summed E-state index contributed by atoms with van der Waals surface area (Å²) in [6.07, 6.45) is 1.54. The Morgan fingerprint density at radius 1 is 1.25 bits per heavy atom. The molecule has 2 aliphatic heterocycles. The molecule has 2 amide bonds. The maximum Gasteiger partial charge on any atom is 0.247 e. The molecule has 0 radical (unpaired) electrons. The third-order valence-electron chi connectivity index (χ3n) is 4.53. The molecule has 24 heavy (non-hydrogen) atoms. The molecule has 130 valence electrons. The van der Waals surface area contributed by atoms with E-state index in [1.165, 1.54) is 6.92 Å². The standard InChI is InChI=1S/C17H22ClN3O3/c1-12(22)21-6-2-3-16(21)17(23)19-14-11-13(18)4-5-15(14)20-7-9-24-10-8-20/h4-5,11,16H,2-3,6-10H2,1H3,(H,19,23). The first-order chi connectivity index (χ1) is 11.6. The van der Waals surface area contributed by atoms with Crippen molar-refractivity contribution in [3.8, 4) is 0 Å². The fraction of sp³-hybridized carbons (Fsp3) is 0.529. The van der Waals surface area contributed by atoms with Crippen LogP contribution in [-0.2, 0) is 14.3 Å². The van der Waals surface area contributed by atoms with E-state index in [1.54, 1.807) is 11.0 Å². The first-order valence-electron chi connectivity index (χ1n) is 8.26. The maximum absolute atomic E-state index is 12.7. The summed E-state index contributed by atoms with van der Waals surface area (Å²) in [5.41, 5.74) is 1.62. The average Bonchev–Trinajstić information content (AvgIpc) is 3.06. The third kappa shape index (κ3) is 3.65. The highest BCUT2D eigenvalue weighted by Gasteiger charge is 2.32. The fourth-order valence-electron chi connectivity index (χ4n) is 3.32. The van der Waals surface area contributed by atoms with Crippen LogP contribution < -0.4 is 10.2 Å². The van der Waals surface area contributed by atoms with Crippen LogP contribution in [0.5, 0.6) is 0 Å². The van der Waals surface area contributed by atoms with Gasteiger partial charge in [0.2, 0.25) is 11.8 Å². The molecule has 0 spiro atoms. The average molecular weight is 352 g/mol. The Balaban J connectivity index is 1.79. The Labute approximate surface area is 146 Å². The highest BCUT2D eigenvalue weighted by atomic mass is 35.5. The summed E-state index contributed by atoms with van der Waals surface area (Å²) in [5, 5.41) is 3.54. The first-order valence-corrected chi connectivity index (χ1v) is 8.64. The second kappa shape index (κ2) is 7.40. The van der Waals surface area contributed by atoms with Crippen molar-refractivity contribution in [1.82, 2.24) is 4.90 Å². The van der Waals surface area contributed by atoms with Gasteiger partial charge >= 0.3 is 0 Å². The molecule has 0 bridgehead atoms. The van der Waals surface area contributed by atoms with E-state index in [1.807, 2.05) is 12.1 Å². The van der Waals surface area contributed by atoms with Gasteiger partial charge in [-0.15, -0.1) is 0 Å². The van der Waals surface area contributed by atoms with E-state index >= 15 is 0 Å². The van der Waals surface area contributed by atoms with Crippen LogP contribution in [0.25, 0.3) is 0 Å². The number of nitrogens with zero attached hydrogens (tertiary/aromatic N) is 2. The minimum absolute atomic E-state index is 0.0628. The second-order valence-corrected chi connectivity index (χ2v) is 6.56. The topological polar surface area (TPSA) is 61.9 Å². The van der Waals surface area contributed by atoms with E-state index in [2.05, 4.69) is 10.2 Å². The molecule has 1 aromatic rings. The van der Waals surface area contributed by atoms with Crippen LogP contribution in [0.1, 0.15) is 19.8 Å². The number of carbonyl (C=O) groups excluding carboxylic acids is 2. The summed E-state index contributed by atoms with van der Waals surface area (Å²) in [6, 6.07) is 5.09. The van der Waals surface area contributed by atoms with Crippen LogP contribution in [0, 0.1) is 0 Å². The third-order valence-corrected chi connectivity index (χ3v) is 4.76. The SMILES string of the molecule is CC(=O)N1CCCC1C(=O)Nc1cc(Cl)ccc1N1CCOCC1. The number of amides is 2. The largest absolute Gasteiger partial charge is 0.378 e. The van der Waals surface area contributed by atoms with Crippen LogP contribution in [0.3, 0.4) is 0 Å². The van der Waals surface area contributed by atoms with E-state index < -0.39 is 6.04 Å². The Kier molecular flexibility index (Phi) is 5.26. The van der Waals surface area contributed by atoms with Gasteiger partial charge in [0.1, 0.15) is 6.04 Å². The zero-order chi connectivity index (χ0) is 17.1. The molecule has 3 rings (SSSR count). The number of nitrogens with one attached hydrogen (secondary N) is 1. The van der Waals surface area contributed by atoms with E-state index in [0.29, 0.717) is 36.9 Å². The summed E-state index contributed by atoms with van der Waals surface area (Å²) in [4.78, 5) is 28.2. The van der Waals surface area contributed by atoms with Gasteiger partial charge in [-0.1, -0.05) is 11.6 Å². The van der Waals surface area contributed by atoms with Gasteiger partial charge in [0.15, 0.2) is 0 Å². The number of hydrogen-bond acceptors (Lipinski definition) is 4. The lowest BCUT2D eigenvalue weighted by Crippen LogP contribution is -2.42. The summed E-state index contributed by atoms with van der Waals surface area (Å²) >= 11 is 6.12. The minimum atomic E-state index is -0.404. The maximum atomic E-state index is 12.7. The van der Waals surface area contributed by atoms with Gasteiger partial charge in [-0.25, -0.2) is 0 Å².